The molecule has 4 nitrogen and oxygen atoms in total. The van der Waals surface area contributed by atoms with E-state index in [1.54, 1.807) is 24.3 Å². The molecule has 1 amide bonds. The van der Waals surface area contributed by atoms with Gasteiger partial charge < -0.3 is 10.1 Å². The molecule has 0 saturated carbocycles. The fourth-order valence-electron chi connectivity index (χ4n) is 2.78. The van der Waals surface area contributed by atoms with Crippen LogP contribution in [0, 0.1) is 0 Å². The van der Waals surface area contributed by atoms with Crippen LogP contribution >= 0.6 is 0 Å². The molecule has 0 radical (unpaired) electrons. The van der Waals surface area contributed by atoms with Crippen LogP contribution < -0.4 is 5.32 Å². The Kier molecular flexibility index (Phi) is 4.97. The van der Waals surface area contributed by atoms with E-state index < -0.39 is 29.7 Å². The molecule has 136 valence electrons. The Bertz CT molecular complexity index is 816. The number of carbonyl (C=O) groups is 2. The molecule has 1 aliphatic rings. The van der Waals surface area contributed by atoms with Gasteiger partial charge in [-0.3, -0.25) is 4.79 Å². The van der Waals surface area contributed by atoms with Crippen molar-refractivity contribution in [2.45, 2.75) is 25.1 Å². The lowest BCUT2D eigenvalue weighted by atomic mass is 9.98. The molecule has 3 rings (SSSR count). The number of halogens is 3. The summed E-state index contributed by atoms with van der Waals surface area (Å²) in [7, 11) is 0. The molecule has 1 atom stereocenters. The molecule has 0 bridgehead atoms. The Balaban J connectivity index is 1.53. The van der Waals surface area contributed by atoms with E-state index in [2.05, 4.69) is 5.32 Å². The van der Waals surface area contributed by atoms with Crippen LogP contribution in [0.25, 0.3) is 0 Å². The zero-order valence-electron chi connectivity index (χ0n) is 13.7. The van der Waals surface area contributed by atoms with Crippen molar-refractivity contribution in [3.8, 4) is 0 Å². The summed E-state index contributed by atoms with van der Waals surface area (Å²) in [6, 6.07) is 11.7. The fourth-order valence-corrected chi connectivity index (χ4v) is 2.78. The highest BCUT2D eigenvalue weighted by Gasteiger charge is 2.31. The summed E-state index contributed by atoms with van der Waals surface area (Å²) < 4.78 is 42.7. The Morgan fingerprint density at radius 1 is 1.12 bits per heavy atom. The third-order valence-electron chi connectivity index (χ3n) is 4.18. The SMILES string of the molecule is O=C1O[C@H](C(=O)NCCc2ccc(C(F)(F)F)cc2)Cc2ccccc21. The molecule has 0 aromatic heterocycles. The molecule has 7 heteroatoms. The van der Waals surface area contributed by atoms with Crippen molar-refractivity contribution < 1.29 is 27.5 Å². The first-order valence-corrected chi connectivity index (χ1v) is 8.07. The summed E-state index contributed by atoms with van der Waals surface area (Å²) in [6.07, 6.45) is -4.59. The average Bonchev–Trinajstić information content (AvgIpc) is 2.61. The first-order chi connectivity index (χ1) is 12.3. The highest BCUT2D eigenvalue weighted by molar-refractivity contribution is 5.95. The van der Waals surface area contributed by atoms with Crippen molar-refractivity contribution >= 4 is 11.9 Å². The standard InChI is InChI=1S/C19H16F3NO3/c20-19(21,22)14-7-5-12(6-8-14)9-10-23-17(24)16-11-13-3-1-2-4-15(13)18(25)26-16/h1-8,16H,9-11H2,(H,23,24)/t16-/m0/s1. The maximum Gasteiger partial charge on any atom is 0.416 e. The van der Waals surface area contributed by atoms with Gasteiger partial charge in [0.2, 0.25) is 0 Å². The van der Waals surface area contributed by atoms with E-state index in [0.29, 0.717) is 24.0 Å². The second kappa shape index (κ2) is 7.19. The van der Waals surface area contributed by atoms with Gasteiger partial charge in [0, 0.05) is 13.0 Å². The van der Waals surface area contributed by atoms with Gasteiger partial charge in [-0.1, -0.05) is 30.3 Å². The van der Waals surface area contributed by atoms with Crippen LogP contribution in [0.4, 0.5) is 13.2 Å². The lowest BCUT2D eigenvalue weighted by Gasteiger charge is -2.23. The van der Waals surface area contributed by atoms with E-state index in [1.165, 1.54) is 12.1 Å². The van der Waals surface area contributed by atoms with Crippen LogP contribution in [0.2, 0.25) is 0 Å². The van der Waals surface area contributed by atoms with Gasteiger partial charge >= 0.3 is 12.1 Å². The van der Waals surface area contributed by atoms with E-state index in [1.807, 2.05) is 0 Å². The molecule has 0 fully saturated rings. The van der Waals surface area contributed by atoms with Crippen molar-refractivity contribution in [3.63, 3.8) is 0 Å². The van der Waals surface area contributed by atoms with Crippen molar-refractivity contribution in [1.82, 2.24) is 5.32 Å². The predicted molar refractivity (Wildman–Crippen MR) is 87.5 cm³/mol. The largest absolute Gasteiger partial charge is 0.448 e. The number of hydrogen-bond donors (Lipinski definition) is 1. The van der Waals surface area contributed by atoms with E-state index in [-0.39, 0.29) is 6.54 Å². The summed E-state index contributed by atoms with van der Waals surface area (Å²) >= 11 is 0. The average molecular weight is 363 g/mol. The van der Waals surface area contributed by atoms with E-state index >= 15 is 0 Å². The highest BCUT2D eigenvalue weighted by atomic mass is 19.4. The Labute approximate surface area is 148 Å². The molecule has 1 N–H and O–H groups in total. The lowest BCUT2D eigenvalue weighted by Crippen LogP contribution is -2.42. The molecule has 0 saturated heterocycles. The third-order valence-corrected chi connectivity index (χ3v) is 4.18. The fraction of sp³-hybridized carbons (Fsp3) is 0.263. The van der Waals surface area contributed by atoms with E-state index in [9.17, 15) is 22.8 Å². The minimum Gasteiger partial charge on any atom is -0.448 e. The first kappa shape index (κ1) is 18.0. The predicted octanol–water partition coefficient (Wildman–Crippen LogP) is 3.15. The maximum absolute atomic E-state index is 12.5. The summed E-state index contributed by atoms with van der Waals surface area (Å²) in [5.74, 6) is -0.950. The number of carbonyl (C=O) groups excluding carboxylic acids is 2. The van der Waals surface area contributed by atoms with Crippen LogP contribution in [-0.2, 0) is 28.5 Å². The van der Waals surface area contributed by atoms with Gasteiger partial charge in [-0.05, 0) is 35.7 Å². The molecule has 26 heavy (non-hydrogen) atoms. The number of alkyl halides is 3. The van der Waals surface area contributed by atoms with Gasteiger partial charge in [-0.2, -0.15) is 13.2 Å². The maximum atomic E-state index is 12.5. The smallest absolute Gasteiger partial charge is 0.416 e. The number of nitrogens with one attached hydrogen (secondary N) is 1. The van der Waals surface area contributed by atoms with Gasteiger partial charge in [0.1, 0.15) is 0 Å². The number of ether oxygens (including phenoxy) is 1. The van der Waals surface area contributed by atoms with Crippen LogP contribution in [0.5, 0.6) is 0 Å². The Morgan fingerprint density at radius 2 is 1.81 bits per heavy atom. The quantitative estimate of drug-likeness (QED) is 0.849. The number of cyclic esters (lactones) is 1. The topological polar surface area (TPSA) is 55.4 Å². The highest BCUT2D eigenvalue weighted by Crippen LogP contribution is 2.29. The van der Waals surface area contributed by atoms with Crippen LogP contribution in [-0.4, -0.2) is 24.5 Å². The number of fused-ring (bicyclic) bond motifs is 1. The van der Waals surface area contributed by atoms with Crippen molar-refractivity contribution in [3.05, 3.63) is 70.8 Å². The second-order valence-corrected chi connectivity index (χ2v) is 5.99. The third kappa shape index (κ3) is 4.04. The van der Waals surface area contributed by atoms with E-state index in [0.717, 1.165) is 17.7 Å². The van der Waals surface area contributed by atoms with Crippen LogP contribution in [0.15, 0.2) is 48.5 Å². The normalized spacial score (nSPS) is 16.6. The number of benzene rings is 2. The number of hydrogen-bond acceptors (Lipinski definition) is 3. The number of amides is 1. The zero-order chi connectivity index (χ0) is 18.7. The molecule has 0 unspecified atom stereocenters. The minimum atomic E-state index is -4.37. The molecule has 0 spiro atoms. The van der Waals surface area contributed by atoms with Crippen molar-refractivity contribution in [1.29, 1.82) is 0 Å². The number of rotatable bonds is 4. The molecule has 1 aliphatic heterocycles. The second-order valence-electron chi connectivity index (χ2n) is 5.99. The summed E-state index contributed by atoms with van der Waals surface area (Å²) in [4.78, 5) is 24.1. The van der Waals surface area contributed by atoms with Crippen molar-refractivity contribution in [2.75, 3.05) is 6.54 Å². The first-order valence-electron chi connectivity index (χ1n) is 8.07. The van der Waals surface area contributed by atoms with E-state index in [4.69, 9.17) is 4.74 Å². The summed E-state index contributed by atoms with van der Waals surface area (Å²) in [5, 5.41) is 2.66. The van der Waals surface area contributed by atoms with Gasteiger partial charge in [-0.15, -0.1) is 0 Å². The summed E-state index contributed by atoms with van der Waals surface area (Å²) in [5.41, 5.74) is 1.18. The monoisotopic (exact) mass is 363 g/mol. The zero-order valence-corrected chi connectivity index (χ0v) is 13.7. The van der Waals surface area contributed by atoms with Crippen LogP contribution in [0.1, 0.15) is 27.0 Å². The molecular formula is C19H16F3NO3. The minimum absolute atomic E-state index is 0.236. The van der Waals surface area contributed by atoms with Gasteiger partial charge in [-0.25, -0.2) is 4.79 Å². The van der Waals surface area contributed by atoms with Crippen molar-refractivity contribution in [2.24, 2.45) is 0 Å². The number of esters is 1. The van der Waals surface area contributed by atoms with Gasteiger partial charge in [0.25, 0.3) is 5.91 Å². The molecule has 2 aromatic rings. The summed E-state index contributed by atoms with van der Waals surface area (Å²) in [6.45, 7) is 0.236. The molecular weight excluding hydrogens is 347 g/mol. The Morgan fingerprint density at radius 3 is 2.50 bits per heavy atom. The lowest BCUT2D eigenvalue weighted by molar-refractivity contribution is -0.137. The molecule has 0 aliphatic carbocycles. The van der Waals surface area contributed by atoms with Gasteiger partial charge in [0.05, 0.1) is 11.1 Å². The Hall–Kier alpha value is -2.83. The van der Waals surface area contributed by atoms with Crippen LogP contribution in [0.3, 0.4) is 0 Å². The van der Waals surface area contributed by atoms with Gasteiger partial charge in [0.15, 0.2) is 6.10 Å². The molecule has 1 heterocycles. The molecule has 2 aromatic carbocycles.